The Balaban J connectivity index is 2.13. The SMILES string of the molecule is CN1CCCC2(CCOC2=O)C1. The third kappa shape index (κ3) is 1.12. The fourth-order valence-corrected chi connectivity index (χ4v) is 2.33. The fraction of sp³-hybridized carbons (Fsp3) is 0.889. The van der Waals surface area contributed by atoms with E-state index >= 15 is 0 Å². The van der Waals surface area contributed by atoms with E-state index in [1.54, 1.807) is 0 Å². The van der Waals surface area contributed by atoms with E-state index in [0.29, 0.717) is 6.61 Å². The quantitative estimate of drug-likeness (QED) is 0.498. The Morgan fingerprint density at radius 3 is 2.92 bits per heavy atom. The summed E-state index contributed by atoms with van der Waals surface area (Å²) in [5.74, 6) is 0.0362. The number of hydrogen-bond donors (Lipinski definition) is 0. The van der Waals surface area contributed by atoms with Crippen LogP contribution in [0.4, 0.5) is 0 Å². The van der Waals surface area contributed by atoms with Gasteiger partial charge in [-0.1, -0.05) is 0 Å². The fourth-order valence-electron chi connectivity index (χ4n) is 2.33. The minimum Gasteiger partial charge on any atom is -0.465 e. The summed E-state index contributed by atoms with van der Waals surface area (Å²) in [5, 5.41) is 0. The molecular formula is C9H15NO2. The second-order valence-corrected chi connectivity index (χ2v) is 4.01. The predicted octanol–water partition coefficient (Wildman–Crippen LogP) is 0.645. The molecule has 2 saturated heterocycles. The number of piperidine rings is 1. The molecule has 2 aliphatic rings. The molecule has 68 valence electrons. The van der Waals surface area contributed by atoms with E-state index in [-0.39, 0.29) is 11.4 Å². The van der Waals surface area contributed by atoms with Crippen molar-refractivity contribution in [2.75, 3.05) is 26.7 Å². The Morgan fingerprint density at radius 1 is 1.50 bits per heavy atom. The van der Waals surface area contributed by atoms with Crippen LogP contribution in [0.25, 0.3) is 0 Å². The van der Waals surface area contributed by atoms with Gasteiger partial charge in [-0.3, -0.25) is 4.79 Å². The molecule has 0 aliphatic carbocycles. The lowest BCUT2D eigenvalue weighted by atomic mass is 9.79. The van der Waals surface area contributed by atoms with E-state index in [9.17, 15) is 4.79 Å². The number of rotatable bonds is 0. The van der Waals surface area contributed by atoms with Crippen molar-refractivity contribution in [2.45, 2.75) is 19.3 Å². The average Bonchev–Trinajstić information content (AvgIpc) is 2.33. The molecule has 1 spiro atoms. The van der Waals surface area contributed by atoms with Gasteiger partial charge >= 0.3 is 5.97 Å². The van der Waals surface area contributed by atoms with Gasteiger partial charge in [0.15, 0.2) is 0 Å². The Labute approximate surface area is 72.7 Å². The summed E-state index contributed by atoms with van der Waals surface area (Å²) < 4.78 is 5.03. The van der Waals surface area contributed by atoms with Crippen molar-refractivity contribution in [1.82, 2.24) is 4.90 Å². The van der Waals surface area contributed by atoms with Gasteiger partial charge in [0.05, 0.1) is 12.0 Å². The van der Waals surface area contributed by atoms with E-state index in [2.05, 4.69) is 11.9 Å². The lowest BCUT2D eigenvalue weighted by Gasteiger charge is -2.35. The van der Waals surface area contributed by atoms with Crippen LogP contribution in [0.5, 0.6) is 0 Å². The first kappa shape index (κ1) is 8.05. The highest BCUT2D eigenvalue weighted by Gasteiger charge is 2.46. The number of likely N-dealkylation sites (tertiary alicyclic amines) is 1. The summed E-state index contributed by atoms with van der Waals surface area (Å²) in [6, 6.07) is 0. The number of hydrogen-bond acceptors (Lipinski definition) is 3. The first-order chi connectivity index (χ1) is 5.73. The molecule has 2 fully saturated rings. The smallest absolute Gasteiger partial charge is 0.313 e. The molecule has 1 unspecified atom stereocenters. The zero-order chi connectivity index (χ0) is 8.60. The van der Waals surface area contributed by atoms with Crippen LogP contribution in [-0.2, 0) is 9.53 Å². The molecule has 0 radical (unpaired) electrons. The molecule has 0 amide bonds. The second-order valence-electron chi connectivity index (χ2n) is 4.01. The summed E-state index contributed by atoms with van der Waals surface area (Å²) >= 11 is 0. The minimum atomic E-state index is -0.132. The third-order valence-corrected chi connectivity index (χ3v) is 3.01. The summed E-state index contributed by atoms with van der Waals surface area (Å²) in [6.45, 7) is 2.65. The minimum absolute atomic E-state index is 0.0362. The van der Waals surface area contributed by atoms with Crippen molar-refractivity contribution >= 4 is 5.97 Å². The van der Waals surface area contributed by atoms with Crippen molar-refractivity contribution in [3.63, 3.8) is 0 Å². The predicted molar refractivity (Wildman–Crippen MR) is 44.7 cm³/mol. The van der Waals surface area contributed by atoms with Crippen LogP contribution in [0.15, 0.2) is 0 Å². The molecular weight excluding hydrogens is 154 g/mol. The Morgan fingerprint density at radius 2 is 2.33 bits per heavy atom. The van der Waals surface area contributed by atoms with Crippen LogP contribution in [-0.4, -0.2) is 37.6 Å². The molecule has 2 rings (SSSR count). The van der Waals surface area contributed by atoms with Crippen LogP contribution < -0.4 is 0 Å². The van der Waals surface area contributed by atoms with E-state index < -0.39 is 0 Å². The van der Waals surface area contributed by atoms with E-state index in [0.717, 1.165) is 32.4 Å². The number of carbonyl (C=O) groups is 1. The molecule has 12 heavy (non-hydrogen) atoms. The number of carbonyl (C=O) groups excluding carboxylic acids is 1. The van der Waals surface area contributed by atoms with Crippen molar-refractivity contribution in [3.8, 4) is 0 Å². The molecule has 0 aromatic heterocycles. The third-order valence-electron chi connectivity index (χ3n) is 3.01. The van der Waals surface area contributed by atoms with Crippen LogP contribution in [0.3, 0.4) is 0 Å². The molecule has 0 N–H and O–H groups in total. The number of ether oxygens (including phenoxy) is 1. The maximum atomic E-state index is 11.4. The molecule has 2 aliphatic heterocycles. The standard InChI is InChI=1S/C9H15NO2/c1-10-5-2-3-9(7-10)4-6-12-8(9)11/h2-7H2,1H3. The number of esters is 1. The van der Waals surface area contributed by atoms with Crippen molar-refractivity contribution in [1.29, 1.82) is 0 Å². The monoisotopic (exact) mass is 169 g/mol. The molecule has 3 nitrogen and oxygen atoms in total. The zero-order valence-corrected chi connectivity index (χ0v) is 7.51. The van der Waals surface area contributed by atoms with Gasteiger partial charge in [-0.15, -0.1) is 0 Å². The topological polar surface area (TPSA) is 29.5 Å². The normalized spacial score (nSPS) is 37.2. The lowest BCUT2D eigenvalue weighted by molar-refractivity contribution is -0.148. The summed E-state index contributed by atoms with van der Waals surface area (Å²) in [6.07, 6.45) is 3.08. The highest BCUT2D eigenvalue weighted by Crippen LogP contribution is 2.38. The van der Waals surface area contributed by atoms with Crippen molar-refractivity contribution in [2.24, 2.45) is 5.41 Å². The van der Waals surface area contributed by atoms with Gasteiger partial charge in [-0.05, 0) is 32.9 Å². The van der Waals surface area contributed by atoms with Gasteiger partial charge in [0.2, 0.25) is 0 Å². The lowest BCUT2D eigenvalue weighted by Crippen LogP contribution is -2.43. The molecule has 0 saturated carbocycles. The van der Waals surface area contributed by atoms with Gasteiger partial charge in [0.25, 0.3) is 0 Å². The highest BCUT2D eigenvalue weighted by molar-refractivity contribution is 5.79. The van der Waals surface area contributed by atoms with Gasteiger partial charge in [0, 0.05) is 6.54 Å². The van der Waals surface area contributed by atoms with Crippen LogP contribution in [0.2, 0.25) is 0 Å². The largest absolute Gasteiger partial charge is 0.465 e. The first-order valence-electron chi connectivity index (χ1n) is 4.59. The van der Waals surface area contributed by atoms with Crippen LogP contribution in [0.1, 0.15) is 19.3 Å². The summed E-state index contributed by atoms with van der Waals surface area (Å²) in [4.78, 5) is 13.7. The van der Waals surface area contributed by atoms with Crippen LogP contribution in [0, 0.1) is 5.41 Å². The van der Waals surface area contributed by atoms with Gasteiger partial charge in [-0.25, -0.2) is 0 Å². The number of nitrogens with zero attached hydrogens (tertiary/aromatic N) is 1. The highest BCUT2D eigenvalue weighted by atomic mass is 16.5. The van der Waals surface area contributed by atoms with Crippen LogP contribution >= 0.6 is 0 Å². The molecule has 2 heterocycles. The molecule has 0 aromatic carbocycles. The Hall–Kier alpha value is -0.570. The summed E-state index contributed by atoms with van der Waals surface area (Å²) in [7, 11) is 2.08. The van der Waals surface area contributed by atoms with E-state index in [1.807, 2.05) is 0 Å². The molecule has 0 aromatic rings. The average molecular weight is 169 g/mol. The summed E-state index contributed by atoms with van der Waals surface area (Å²) in [5.41, 5.74) is -0.132. The maximum Gasteiger partial charge on any atom is 0.313 e. The molecule has 0 bridgehead atoms. The molecule has 3 heteroatoms. The van der Waals surface area contributed by atoms with Crippen molar-refractivity contribution in [3.05, 3.63) is 0 Å². The van der Waals surface area contributed by atoms with Gasteiger partial charge < -0.3 is 9.64 Å². The zero-order valence-electron chi connectivity index (χ0n) is 7.51. The Kier molecular flexibility index (Phi) is 1.83. The molecule has 1 atom stereocenters. The maximum absolute atomic E-state index is 11.4. The van der Waals surface area contributed by atoms with Gasteiger partial charge in [-0.2, -0.15) is 0 Å². The van der Waals surface area contributed by atoms with E-state index in [1.165, 1.54) is 0 Å². The van der Waals surface area contributed by atoms with Crippen molar-refractivity contribution < 1.29 is 9.53 Å². The van der Waals surface area contributed by atoms with Gasteiger partial charge in [0.1, 0.15) is 0 Å². The number of cyclic esters (lactones) is 1. The Bertz CT molecular complexity index is 205. The van der Waals surface area contributed by atoms with E-state index in [4.69, 9.17) is 4.74 Å². The second kappa shape index (κ2) is 2.73. The first-order valence-corrected chi connectivity index (χ1v) is 4.59.